The topological polar surface area (TPSA) is 67.1 Å². The van der Waals surface area contributed by atoms with Crippen molar-refractivity contribution in [2.24, 2.45) is 5.73 Å². The predicted octanol–water partition coefficient (Wildman–Crippen LogP) is 1.28. The quantitative estimate of drug-likeness (QED) is 0.669. The van der Waals surface area contributed by atoms with Crippen molar-refractivity contribution in [3.05, 3.63) is 29.8 Å². The molecule has 1 saturated carbocycles. The number of para-hydroxylation sites is 1. The molecule has 17 heavy (non-hydrogen) atoms. The molecule has 0 bridgehead atoms. The van der Waals surface area contributed by atoms with Gasteiger partial charge in [0.25, 0.3) is 0 Å². The van der Waals surface area contributed by atoms with Crippen LogP contribution in [-0.2, 0) is 0 Å². The Morgan fingerprint density at radius 2 is 2.18 bits per heavy atom. The Labute approximate surface area is 101 Å². The van der Waals surface area contributed by atoms with Crippen molar-refractivity contribution in [3.63, 3.8) is 0 Å². The maximum absolute atomic E-state index is 11.6. The summed E-state index contributed by atoms with van der Waals surface area (Å²) in [5.74, 6) is 5.71. The smallest absolute Gasteiger partial charge is 0.319 e. The minimum absolute atomic E-state index is 0.172. The Balaban J connectivity index is 2.05. The molecule has 4 N–H and O–H groups in total. The number of anilines is 1. The fourth-order valence-corrected chi connectivity index (χ4v) is 1.42. The molecular weight excluding hydrogens is 214 g/mol. The highest BCUT2D eigenvalue weighted by atomic mass is 16.2. The zero-order chi connectivity index (χ0) is 12.1. The fourth-order valence-electron chi connectivity index (χ4n) is 1.42. The average Bonchev–Trinajstić information content (AvgIpc) is 3.11. The van der Waals surface area contributed by atoms with Gasteiger partial charge in [0.05, 0.1) is 12.2 Å². The Morgan fingerprint density at radius 1 is 1.41 bits per heavy atom. The summed E-state index contributed by atoms with van der Waals surface area (Å²) in [5.41, 5.74) is 6.82. The molecule has 88 valence electrons. The highest BCUT2D eigenvalue weighted by molar-refractivity contribution is 5.91. The first-order valence-electron chi connectivity index (χ1n) is 5.65. The van der Waals surface area contributed by atoms with Crippen LogP contribution in [0, 0.1) is 11.8 Å². The van der Waals surface area contributed by atoms with Gasteiger partial charge in [-0.2, -0.15) is 0 Å². The molecular formula is C13H15N3O. The van der Waals surface area contributed by atoms with Crippen LogP contribution in [0.3, 0.4) is 0 Å². The van der Waals surface area contributed by atoms with E-state index in [1.165, 1.54) is 0 Å². The number of benzene rings is 1. The Kier molecular flexibility index (Phi) is 3.63. The zero-order valence-corrected chi connectivity index (χ0v) is 9.49. The normalized spacial score (nSPS) is 13.5. The molecule has 1 aromatic rings. The first-order valence-corrected chi connectivity index (χ1v) is 5.65. The third-order valence-corrected chi connectivity index (χ3v) is 2.41. The second-order valence-corrected chi connectivity index (χ2v) is 3.92. The molecule has 1 aliphatic carbocycles. The molecule has 0 spiro atoms. The van der Waals surface area contributed by atoms with E-state index in [2.05, 4.69) is 22.5 Å². The van der Waals surface area contributed by atoms with Gasteiger partial charge < -0.3 is 16.4 Å². The fraction of sp³-hybridized carbons (Fsp3) is 0.308. The van der Waals surface area contributed by atoms with Crippen LogP contribution in [0.2, 0.25) is 0 Å². The van der Waals surface area contributed by atoms with E-state index in [1.54, 1.807) is 0 Å². The van der Waals surface area contributed by atoms with E-state index < -0.39 is 0 Å². The molecule has 0 atom stereocenters. The van der Waals surface area contributed by atoms with Crippen molar-refractivity contribution < 1.29 is 4.79 Å². The summed E-state index contributed by atoms with van der Waals surface area (Å²) in [4.78, 5) is 11.6. The van der Waals surface area contributed by atoms with E-state index in [9.17, 15) is 4.79 Å². The number of carbonyl (C=O) groups excluding carboxylic acids is 1. The summed E-state index contributed by atoms with van der Waals surface area (Å²) < 4.78 is 0. The van der Waals surface area contributed by atoms with Gasteiger partial charge in [0.1, 0.15) is 0 Å². The maximum atomic E-state index is 11.6. The molecule has 4 heteroatoms. The van der Waals surface area contributed by atoms with Gasteiger partial charge in [-0.05, 0) is 25.0 Å². The second kappa shape index (κ2) is 5.37. The summed E-state index contributed by atoms with van der Waals surface area (Å²) >= 11 is 0. The van der Waals surface area contributed by atoms with E-state index in [4.69, 9.17) is 5.73 Å². The average molecular weight is 229 g/mol. The number of rotatable bonds is 2. The Bertz CT molecular complexity index is 469. The van der Waals surface area contributed by atoms with E-state index in [0.29, 0.717) is 18.3 Å². The first kappa shape index (κ1) is 11.5. The van der Waals surface area contributed by atoms with Crippen LogP contribution >= 0.6 is 0 Å². The van der Waals surface area contributed by atoms with Gasteiger partial charge in [-0.1, -0.05) is 24.0 Å². The first-order chi connectivity index (χ1) is 8.29. The largest absolute Gasteiger partial charge is 0.335 e. The number of nitrogens with two attached hydrogens (primary N) is 1. The van der Waals surface area contributed by atoms with Gasteiger partial charge in [-0.15, -0.1) is 0 Å². The van der Waals surface area contributed by atoms with Crippen molar-refractivity contribution in [1.82, 2.24) is 5.32 Å². The summed E-state index contributed by atoms with van der Waals surface area (Å²) in [6.07, 6.45) is 2.14. The number of carbonyl (C=O) groups is 1. The Hall–Kier alpha value is -1.99. The van der Waals surface area contributed by atoms with Gasteiger partial charge in [0.15, 0.2) is 0 Å². The maximum Gasteiger partial charge on any atom is 0.319 e. The second-order valence-electron chi connectivity index (χ2n) is 3.92. The van der Waals surface area contributed by atoms with Gasteiger partial charge in [-0.3, -0.25) is 0 Å². The predicted molar refractivity (Wildman–Crippen MR) is 67.6 cm³/mol. The van der Waals surface area contributed by atoms with Crippen LogP contribution in [0.5, 0.6) is 0 Å². The Morgan fingerprint density at radius 3 is 2.88 bits per heavy atom. The van der Waals surface area contributed by atoms with Crippen LogP contribution in [0.1, 0.15) is 18.4 Å². The van der Waals surface area contributed by atoms with Crippen LogP contribution in [-0.4, -0.2) is 18.6 Å². The van der Waals surface area contributed by atoms with Crippen LogP contribution in [0.25, 0.3) is 0 Å². The molecule has 4 nitrogen and oxygen atoms in total. The lowest BCUT2D eigenvalue weighted by Gasteiger charge is -2.08. The third kappa shape index (κ3) is 3.51. The molecule has 1 aliphatic rings. The van der Waals surface area contributed by atoms with E-state index in [0.717, 1.165) is 18.4 Å². The minimum atomic E-state index is -0.172. The summed E-state index contributed by atoms with van der Waals surface area (Å²) in [7, 11) is 0. The van der Waals surface area contributed by atoms with E-state index in [-0.39, 0.29) is 6.03 Å². The molecule has 1 aromatic carbocycles. The highest BCUT2D eigenvalue weighted by Gasteiger charge is 2.23. The van der Waals surface area contributed by atoms with Crippen LogP contribution in [0.15, 0.2) is 24.3 Å². The molecule has 2 rings (SSSR count). The third-order valence-electron chi connectivity index (χ3n) is 2.41. The standard InChI is InChI=1S/C13H15N3O/c14-9-3-5-10-4-1-2-6-12(10)16-13(17)15-11-7-8-11/h1-2,4,6,11H,7-9,14H2,(H2,15,16,17). The van der Waals surface area contributed by atoms with E-state index >= 15 is 0 Å². The van der Waals surface area contributed by atoms with Crippen molar-refractivity contribution in [3.8, 4) is 11.8 Å². The van der Waals surface area contributed by atoms with E-state index in [1.807, 2.05) is 24.3 Å². The molecule has 0 saturated heterocycles. The number of hydrogen-bond donors (Lipinski definition) is 3. The number of nitrogens with one attached hydrogen (secondary N) is 2. The molecule has 0 aromatic heterocycles. The lowest BCUT2D eigenvalue weighted by atomic mass is 10.2. The SMILES string of the molecule is NCC#Cc1ccccc1NC(=O)NC1CC1. The van der Waals surface area contributed by atoms with Crippen molar-refractivity contribution in [1.29, 1.82) is 0 Å². The summed E-state index contributed by atoms with van der Waals surface area (Å²) in [6, 6.07) is 7.60. The molecule has 0 radical (unpaired) electrons. The molecule has 0 unspecified atom stereocenters. The number of urea groups is 1. The van der Waals surface area contributed by atoms with Crippen LogP contribution in [0.4, 0.5) is 10.5 Å². The van der Waals surface area contributed by atoms with Crippen molar-refractivity contribution in [2.45, 2.75) is 18.9 Å². The molecule has 0 heterocycles. The number of hydrogen-bond acceptors (Lipinski definition) is 2. The minimum Gasteiger partial charge on any atom is -0.335 e. The lowest BCUT2D eigenvalue weighted by molar-refractivity contribution is 0.251. The molecule has 2 amide bonds. The summed E-state index contributed by atoms with van der Waals surface area (Å²) in [6.45, 7) is 0.308. The molecule has 1 fully saturated rings. The van der Waals surface area contributed by atoms with Crippen molar-refractivity contribution in [2.75, 3.05) is 11.9 Å². The van der Waals surface area contributed by atoms with Gasteiger partial charge in [0.2, 0.25) is 0 Å². The van der Waals surface area contributed by atoms with Gasteiger partial charge in [-0.25, -0.2) is 4.79 Å². The number of amides is 2. The lowest BCUT2D eigenvalue weighted by Crippen LogP contribution is -2.30. The van der Waals surface area contributed by atoms with Gasteiger partial charge in [0, 0.05) is 11.6 Å². The molecule has 0 aliphatic heterocycles. The van der Waals surface area contributed by atoms with Crippen LogP contribution < -0.4 is 16.4 Å². The highest BCUT2D eigenvalue weighted by Crippen LogP contribution is 2.19. The monoisotopic (exact) mass is 229 g/mol. The summed E-state index contributed by atoms with van der Waals surface area (Å²) in [5, 5.41) is 5.66. The van der Waals surface area contributed by atoms with Crippen molar-refractivity contribution >= 4 is 11.7 Å². The zero-order valence-electron chi connectivity index (χ0n) is 9.49. The van der Waals surface area contributed by atoms with Gasteiger partial charge >= 0.3 is 6.03 Å².